The fourth-order valence-corrected chi connectivity index (χ4v) is 0.840. The molecule has 0 amide bonds. The summed E-state index contributed by atoms with van der Waals surface area (Å²) >= 11 is 0. The predicted molar refractivity (Wildman–Crippen MR) is 53.3 cm³/mol. The maximum atomic E-state index is 10.7. The molecule has 0 radical (unpaired) electrons. The van der Waals surface area contributed by atoms with Gasteiger partial charge in [-0.2, -0.15) is 0 Å². The van der Waals surface area contributed by atoms with Crippen molar-refractivity contribution in [3.8, 4) is 0 Å². The monoisotopic (exact) mass is 218 g/mol. The molecule has 0 aliphatic carbocycles. The first-order chi connectivity index (χ1) is 7.02. The Morgan fingerprint density at radius 3 is 1.53 bits per heavy atom. The van der Waals surface area contributed by atoms with Crippen molar-refractivity contribution >= 4 is 11.9 Å². The molecule has 1 aliphatic heterocycles. The lowest BCUT2D eigenvalue weighted by atomic mass is 10.3. The molecule has 2 atom stereocenters. The van der Waals surface area contributed by atoms with E-state index in [-0.39, 0.29) is 0 Å². The molecule has 0 aromatic rings. The molecule has 15 heavy (non-hydrogen) atoms. The maximum absolute atomic E-state index is 10.7. The minimum absolute atomic E-state index is 0.480. The van der Waals surface area contributed by atoms with Crippen LogP contribution in [0.4, 0.5) is 0 Å². The van der Waals surface area contributed by atoms with Gasteiger partial charge in [0.1, 0.15) is 0 Å². The maximum Gasteiger partial charge on any atom is 0.347 e. The average molecular weight is 218 g/mol. The molecule has 1 aliphatic rings. The van der Waals surface area contributed by atoms with Crippen molar-refractivity contribution in [1.29, 1.82) is 0 Å². The molecule has 1 rings (SSSR count). The third-order valence-corrected chi connectivity index (χ3v) is 1.66. The Hall–Kier alpha value is -1.10. The fraction of sp³-hybridized carbons (Fsp3) is 0.800. The van der Waals surface area contributed by atoms with Gasteiger partial charge in [-0.1, -0.05) is 0 Å². The zero-order valence-corrected chi connectivity index (χ0v) is 9.61. The summed E-state index contributed by atoms with van der Waals surface area (Å²) in [5, 5.41) is 0. The molecule has 0 aromatic carbocycles. The van der Waals surface area contributed by atoms with Gasteiger partial charge < -0.3 is 14.2 Å². The van der Waals surface area contributed by atoms with Crippen LogP contribution in [-0.4, -0.2) is 37.4 Å². The normalized spacial score (nSPS) is 24.8. The molecule has 5 heteroatoms. The van der Waals surface area contributed by atoms with Gasteiger partial charge in [-0.25, -0.2) is 9.59 Å². The smallest absolute Gasteiger partial charge is 0.347 e. The first-order valence-electron chi connectivity index (χ1n) is 5.01. The number of cyclic esters (lactones) is 2. The summed E-state index contributed by atoms with van der Waals surface area (Å²) in [7, 11) is 0. The summed E-state index contributed by atoms with van der Waals surface area (Å²) < 4.78 is 14.0. The van der Waals surface area contributed by atoms with E-state index >= 15 is 0 Å². The Morgan fingerprint density at radius 1 is 1.00 bits per heavy atom. The van der Waals surface area contributed by atoms with Crippen LogP contribution in [0.3, 0.4) is 0 Å². The van der Waals surface area contributed by atoms with Crippen LogP contribution in [0.2, 0.25) is 0 Å². The molecular formula is C10H18O5. The lowest BCUT2D eigenvalue weighted by Crippen LogP contribution is -2.40. The van der Waals surface area contributed by atoms with E-state index in [1.165, 1.54) is 13.8 Å². The topological polar surface area (TPSA) is 61.8 Å². The number of ether oxygens (including phenoxy) is 3. The average Bonchev–Trinajstić information content (AvgIpc) is 2.17. The lowest BCUT2D eigenvalue weighted by Gasteiger charge is -2.22. The van der Waals surface area contributed by atoms with Gasteiger partial charge >= 0.3 is 11.9 Å². The number of carbonyl (C=O) groups excluding carboxylic acids is 2. The zero-order valence-electron chi connectivity index (χ0n) is 9.61. The van der Waals surface area contributed by atoms with Crippen molar-refractivity contribution in [2.75, 3.05) is 13.2 Å². The minimum Gasteiger partial charge on any atom is -0.448 e. The van der Waals surface area contributed by atoms with Crippen LogP contribution in [0, 0.1) is 0 Å². The summed E-state index contributed by atoms with van der Waals surface area (Å²) in [6, 6.07) is 0. The van der Waals surface area contributed by atoms with Crippen LogP contribution in [0.5, 0.6) is 0 Å². The first-order valence-corrected chi connectivity index (χ1v) is 5.01. The highest BCUT2D eigenvalue weighted by atomic mass is 16.6. The minimum atomic E-state index is -0.747. The Morgan fingerprint density at radius 2 is 1.33 bits per heavy atom. The van der Waals surface area contributed by atoms with E-state index in [9.17, 15) is 9.59 Å². The summed E-state index contributed by atoms with van der Waals surface area (Å²) in [6.45, 7) is 8.62. The van der Waals surface area contributed by atoms with Gasteiger partial charge in [0.25, 0.3) is 0 Å². The van der Waals surface area contributed by atoms with Crippen molar-refractivity contribution in [1.82, 2.24) is 0 Å². The van der Waals surface area contributed by atoms with Crippen molar-refractivity contribution < 1.29 is 23.8 Å². The third-order valence-electron chi connectivity index (χ3n) is 1.66. The Kier molecular flexibility index (Phi) is 6.70. The summed E-state index contributed by atoms with van der Waals surface area (Å²) in [5.74, 6) is -0.959. The van der Waals surface area contributed by atoms with Crippen LogP contribution in [0.25, 0.3) is 0 Å². The zero-order chi connectivity index (χ0) is 11.8. The van der Waals surface area contributed by atoms with E-state index in [1.54, 1.807) is 0 Å². The van der Waals surface area contributed by atoms with Crippen molar-refractivity contribution in [3.05, 3.63) is 0 Å². The van der Waals surface area contributed by atoms with Crippen molar-refractivity contribution in [3.63, 3.8) is 0 Å². The van der Waals surface area contributed by atoms with Gasteiger partial charge in [0, 0.05) is 13.2 Å². The molecule has 0 spiro atoms. The highest BCUT2D eigenvalue weighted by Crippen LogP contribution is 2.08. The first kappa shape index (κ1) is 13.9. The van der Waals surface area contributed by atoms with Gasteiger partial charge in [-0.15, -0.1) is 0 Å². The number of hydrogen-bond acceptors (Lipinski definition) is 5. The highest BCUT2D eigenvalue weighted by molar-refractivity contribution is 5.86. The van der Waals surface area contributed by atoms with E-state index in [0.717, 1.165) is 13.2 Å². The molecule has 0 N–H and O–H groups in total. The quantitative estimate of drug-likeness (QED) is 0.644. The van der Waals surface area contributed by atoms with Gasteiger partial charge in [-0.3, -0.25) is 0 Å². The van der Waals surface area contributed by atoms with Gasteiger partial charge in [0.15, 0.2) is 12.2 Å². The molecule has 1 heterocycles. The molecule has 0 aromatic heterocycles. The van der Waals surface area contributed by atoms with Crippen LogP contribution >= 0.6 is 0 Å². The molecule has 2 unspecified atom stereocenters. The van der Waals surface area contributed by atoms with Gasteiger partial charge in [0.05, 0.1) is 0 Å². The number of hydrogen-bond donors (Lipinski definition) is 0. The summed E-state index contributed by atoms with van der Waals surface area (Å²) in [6.07, 6.45) is -1.49. The predicted octanol–water partition coefficient (Wildman–Crippen LogP) is 0.906. The second-order valence-electron chi connectivity index (χ2n) is 2.94. The second-order valence-corrected chi connectivity index (χ2v) is 2.94. The number of rotatable bonds is 2. The van der Waals surface area contributed by atoms with Crippen LogP contribution in [0.15, 0.2) is 0 Å². The highest BCUT2D eigenvalue weighted by Gasteiger charge is 2.32. The fourth-order valence-electron chi connectivity index (χ4n) is 0.840. The van der Waals surface area contributed by atoms with E-state index in [0.29, 0.717) is 0 Å². The molecule has 1 fully saturated rings. The summed E-state index contributed by atoms with van der Waals surface area (Å²) in [4.78, 5) is 21.3. The van der Waals surface area contributed by atoms with E-state index in [1.807, 2.05) is 13.8 Å². The SMILES string of the molecule is CC1OC(=O)C(C)OC1=O.CCOCC. The molecular weight excluding hydrogens is 200 g/mol. The number of carbonyl (C=O) groups is 2. The molecule has 1 saturated heterocycles. The summed E-state index contributed by atoms with van der Waals surface area (Å²) in [5.41, 5.74) is 0. The standard InChI is InChI=1S/C6H8O4.C4H10O/c1-3-5(7)10-4(2)6(8)9-3;1-3-5-4-2/h3-4H,1-2H3;3-4H2,1-2H3. The molecule has 88 valence electrons. The van der Waals surface area contributed by atoms with Crippen molar-refractivity contribution in [2.45, 2.75) is 39.9 Å². The van der Waals surface area contributed by atoms with Crippen molar-refractivity contribution in [2.24, 2.45) is 0 Å². The van der Waals surface area contributed by atoms with E-state index < -0.39 is 24.1 Å². The van der Waals surface area contributed by atoms with E-state index in [2.05, 4.69) is 9.47 Å². The molecule has 0 saturated carbocycles. The van der Waals surface area contributed by atoms with E-state index in [4.69, 9.17) is 4.74 Å². The van der Waals surface area contributed by atoms with Gasteiger partial charge in [0.2, 0.25) is 0 Å². The van der Waals surface area contributed by atoms with Crippen LogP contribution in [0.1, 0.15) is 27.7 Å². The second kappa shape index (κ2) is 7.23. The largest absolute Gasteiger partial charge is 0.448 e. The van der Waals surface area contributed by atoms with Crippen LogP contribution < -0.4 is 0 Å². The Balaban J connectivity index is 0.000000336. The Labute approximate surface area is 89.7 Å². The molecule has 5 nitrogen and oxygen atoms in total. The lowest BCUT2D eigenvalue weighted by molar-refractivity contribution is -0.191. The number of esters is 2. The van der Waals surface area contributed by atoms with Crippen LogP contribution in [-0.2, 0) is 23.8 Å². The third kappa shape index (κ3) is 5.37. The molecule has 0 bridgehead atoms. The Bertz CT molecular complexity index is 192. The van der Waals surface area contributed by atoms with Gasteiger partial charge in [-0.05, 0) is 27.7 Å².